The highest BCUT2D eigenvalue weighted by Gasteiger charge is 2.26. The Labute approximate surface area is 190 Å². The first-order chi connectivity index (χ1) is 15.3. The number of ether oxygens (including phenoxy) is 1. The molecule has 1 fully saturated rings. The molecule has 1 aliphatic rings. The molecule has 0 bridgehead atoms. The van der Waals surface area contributed by atoms with Gasteiger partial charge in [0.25, 0.3) is 5.91 Å². The van der Waals surface area contributed by atoms with Crippen molar-refractivity contribution in [2.24, 2.45) is 5.92 Å². The summed E-state index contributed by atoms with van der Waals surface area (Å²) in [6.45, 7) is 10.9. The molecule has 2 N–H and O–H groups in total. The van der Waals surface area contributed by atoms with Crippen LogP contribution in [0.5, 0.6) is 5.75 Å². The number of aromatic nitrogens is 2. The number of aliphatic hydroxyl groups excluding tert-OH is 1. The second-order valence-electron chi connectivity index (χ2n) is 9.53. The fourth-order valence-electron chi connectivity index (χ4n) is 3.87. The number of aliphatic hydroxyl groups is 1. The molecule has 1 aromatic carbocycles. The Hall–Kier alpha value is -2.61. The number of hydrogen-bond acceptors (Lipinski definition) is 7. The van der Waals surface area contributed by atoms with Crippen LogP contribution in [0.3, 0.4) is 0 Å². The maximum Gasteiger partial charge on any atom is 0.324 e. The highest BCUT2D eigenvalue weighted by molar-refractivity contribution is 5.95. The quantitative estimate of drug-likeness (QED) is 0.571. The molecule has 0 radical (unpaired) electrons. The molecule has 1 aromatic heterocycles. The largest absolute Gasteiger partial charge is 0.494 e. The Morgan fingerprint density at radius 2 is 2.06 bits per heavy atom. The molecule has 0 aliphatic carbocycles. The first kappa shape index (κ1) is 24.0. The Balaban J connectivity index is 1.37. The summed E-state index contributed by atoms with van der Waals surface area (Å²) in [5, 5.41) is 15.6. The van der Waals surface area contributed by atoms with Gasteiger partial charge in [0.15, 0.2) is 5.82 Å². The normalized spacial score (nSPS) is 15.1. The lowest BCUT2D eigenvalue weighted by Gasteiger charge is -2.30. The molecule has 0 saturated carbocycles. The maximum atomic E-state index is 12.1. The highest BCUT2D eigenvalue weighted by atomic mass is 16.5. The number of hydrogen-bond donors (Lipinski definition) is 2. The highest BCUT2D eigenvalue weighted by Crippen LogP contribution is 2.27. The van der Waals surface area contributed by atoms with Crippen molar-refractivity contribution in [3.63, 3.8) is 0 Å². The third-order valence-corrected chi connectivity index (χ3v) is 5.84. The van der Waals surface area contributed by atoms with Crippen LogP contribution in [0, 0.1) is 12.8 Å². The molecule has 176 valence electrons. The van der Waals surface area contributed by atoms with Gasteiger partial charge in [-0.15, -0.1) is 0 Å². The van der Waals surface area contributed by atoms with Crippen LogP contribution in [0.15, 0.2) is 22.7 Å². The van der Waals surface area contributed by atoms with Gasteiger partial charge in [-0.25, -0.2) is 0 Å². The zero-order valence-corrected chi connectivity index (χ0v) is 19.7. The lowest BCUT2D eigenvalue weighted by Crippen LogP contribution is -2.34. The van der Waals surface area contributed by atoms with Gasteiger partial charge in [0, 0.05) is 30.6 Å². The van der Waals surface area contributed by atoms with Crippen molar-refractivity contribution in [3.8, 4) is 5.75 Å². The lowest BCUT2D eigenvalue weighted by atomic mass is 9.92. The topological polar surface area (TPSA) is 101 Å². The van der Waals surface area contributed by atoms with Crippen molar-refractivity contribution < 1.29 is 19.2 Å². The van der Waals surface area contributed by atoms with Crippen LogP contribution >= 0.6 is 0 Å². The molecule has 0 atom stereocenters. The summed E-state index contributed by atoms with van der Waals surface area (Å²) in [6, 6.07) is 6.13. The van der Waals surface area contributed by atoms with E-state index < -0.39 is 0 Å². The van der Waals surface area contributed by atoms with E-state index in [9.17, 15) is 4.79 Å². The van der Waals surface area contributed by atoms with Crippen molar-refractivity contribution in [1.29, 1.82) is 0 Å². The number of aryl methyl sites for hydroxylation is 1. The van der Waals surface area contributed by atoms with Crippen molar-refractivity contribution in [2.75, 3.05) is 37.7 Å². The van der Waals surface area contributed by atoms with Crippen molar-refractivity contribution in [2.45, 2.75) is 58.8 Å². The van der Waals surface area contributed by atoms with Crippen molar-refractivity contribution in [1.82, 2.24) is 15.5 Å². The third-order valence-electron chi connectivity index (χ3n) is 5.84. The average molecular weight is 445 g/mol. The van der Waals surface area contributed by atoms with Crippen LogP contribution in [0.4, 0.5) is 6.01 Å². The number of benzene rings is 1. The van der Waals surface area contributed by atoms with Gasteiger partial charge in [-0.1, -0.05) is 25.9 Å². The number of carbonyl (C=O) groups excluding carboxylic acids is 1. The van der Waals surface area contributed by atoms with E-state index in [1.165, 1.54) is 0 Å². The second-order valence-corrected chi connectivity index (χ2v) is 9.53. The van der Waals surface area contributed by atoms with Crippen LogP contribution in [0.2, 0.25) is 0 Å². The van der Waals surface area contributed by atoms with E-state index in [-0.39, 0.29) is 24.5 Å². The van der Waals surface area contributed by atoms with Gasteiger partial charge in [0.1, 0.15) is 5.75 Å². The molecule has 0 unspecified atom stereocenters. The van der Waals surface area contributed by atoms with Crippen molar-refractivity contribution >= 4 is 11.9 Å². The van der Waals surface area contributed by atoms with Crippen LogP contribution in [0.25, 0.3) is 0 Å². The fourth-order valence-corrected chi connectivity index (χ4v) is 3.87. The Morgan fingerprint density at radius 3 is 2.69 bits per heavy atom. The summed E-state index contributed by atoms with van der Waals surface area (Å²) >= 11 is 0. The molecule has 8 nitrogen and oxygen atoms in total. The van der Waals surface area contributed by atoms with E-state index in [0.717, 1.165) is 55.9 Å². The zero-order chi connectivity index (χ0) is 23.1. The molecular weight excluding hydrogens is 408 g/mol. The number of amides is 1. The molecule has 32 heavy (non-hydrogen) atoms. The van der Waals surface area contributed by atoms with Gasteiger partial charge >= 0.3 is 6.01 Å². The van der Waals surface area contributed by atoms with E-state index in [0.29, 0.717) is 24.1 Å². The molecular formula is C24H36N4O4. The van der Waals surface area contributed by atoms with Gasteiger partial charge in [-0.05, 0) is 62.3 Å². The van der Waals surface area contributed by atoms with Gasteiger partial charge in [0.2, 0.25) is 0 Å². The molecule has 2 aromatic rings. The molecule has 1 saturated heterocycles. The number of nitrogens with zero attached hydrogens (tertiary/aromatic N) is 3. The van der Waals surface area contributed by atoms with Gasteiger partial charge in [-0.2, -0.15) is 4.98 Å². The van der Waals surface area contributed by atoms with E-state index in [4.69, 9.17) is 14.4 Å². The standard InChI is InChI=1S/C24H36N4O4/c1-17-16-19(7-8-20(17)21(30)25-11-14-29)31-15-5-6-18-9-12-28(13-10-18)23-26-22(27-32-23)24(2,3)4/h7-8,16,18,29H,5-6,9-15H2,1-4H3,(H,25,30). The van der Waals surface area contributed by atoms with Crippen LogP contribution < -0.4 is 15.0 Å². The molecule has 2 heterocycles. The summed E-state index contributed by atoms with van der Waals surface area (Å²) in [6.07, 6.45) is 4.36. The van der Waals surface area contributed by atoms with Gasteiger partial charge in [-0.3, -0.25) is 4.79 Å². The minimum absolute atomic E-state index is 0.0694. The minimum atomic E-state index is -0.176. The molecule has 3 rings (SSSR count). The first-order valence-electron chi connectivity index (χ1n) is 11.5. The second kappa shape index (κ2) is 10.8. The predicted octanol–water partition coefficient (Wildman–Crippen LogP) is 3.47. The van der Waals surface area contributed by atoms with E-state index in [1.54, 1.807) is 6.07 Å². The van der Waals surface area contributed by atoms with E-state index >= 15 is 0 Å². The average Bonchev–Trinajstić information content (AvgIpc) is 3.26. The summed E-state index contributed by atoms with van der Waals surface area (Å²) in [5.41, 5.74) is 1.36. The smallest absolute Gasteiger partial charge is 0.324 e. The van der Waals surface area contributed by atoms with Crippen LogP contribution in [0.1, 0.15) is 68.2 Å². The maximum absolute atomic E-state index is 12.1. The van der Waals surface area contributed by atoms with Crippen molar-refractivity contribution in [3.05, 3.63) is 35.2 Å². The Morgan fingerprint density at radius 1 is 1.31 bits per heavy atom. The monoisotopic (exact) mass is 444 g/mol. The summed E-state index contributed by atoms with van der Waals surface area (Å²) in [4.78, 5) is 18.8. The zero-order valence-electron chi connectivity index (χ0n) is 19.7. The molecule has 1 amide bonds. The SMILES string of the molecule is Cc1cc(OCCCC2CCN(c3nc(C(C)(C)C)no3)CC2)ccc1C(=O)NCCO. The number of nitrogens with one attached hydrogen (secondary N) is 1. The minimum Gasteiger partial charge on any atom is -0.494 e. The number of anilines is 1. The lowest BCUT2D eigenvalue weighted by molar-refractivity contribution is 0.0944. The molecule has 8 heteroatoms. The Bertz CT molecular complexity index is 882. The number of carbonyl (C=O) groups is 1. The van der Waals surface area contributed by atoms with E-state index in [2.05, 4.69) is 41.1 Å². The van der Waals surface area contributed by atoms with E-state index in [1.807, 2.05) is 19.1 Å². The summed E-state index contributed by atoms with van der Waals surface area (Å²) in [5.74, 6) is 2.03. The van der Waals surface area contributed by atoms with Gasteiger partial charge < -0.3 is 24.6 Å². The number of piperidine rings is 1. The van der Waals surface area contributed by atoms with Crippen LogP contribution in [-0.2, 0) is 5.41 Å². The van der Waals surface area contributed by atoms with Gasteiger partial charge in [0.05, 0.1) is 13.2 Å². The summed E-state index contributed by atoms with van der Waals surface area (Å²) < 4.78 is 11.4. The van der Waals surface area contributed by atoms with Crippen LogP contribution in [-0.4, -0.2) is 54.0 Å². The molecule has 0 spiro atoms. The Kier molecular flexibility index (Phi) is 8.12. The third kappa shape index (κ3) is 6.45. The predicted molar refractivity (Wildman–Crippen MR) is 123 cm³/mol. The first-order valence-corrected chi connectivity index (χ1v) is 11.5. The molecule has 1 aliphatic heterocycles. The number of rotatable bonds is 9. The summed E-state index contributed by atoms with van der Waals surface area (Å²) in [7, 11) is 0. The fraction of sp³-hybridized carbons (Fsp3) is 0.625.